The van der Waals surface area contributed by atoms with Crippen LogP contribution in [-0.4, -0.2) is 23.6 Å². The summed E-state index contributed by atoms with van der Waals surface area (Å²) in [6.45, 7) is 8.47. The number of esters is 1. The number of rotatable bonds is 16. The van der Waals surface area contributed by atoms with Gasteiger partial charge in [-0.3, -0.25) is 0 Å². The van der Waals surface area contributed by atoms with Gasteiger partial charge in [0.25, 0.3) is 0 Å². The Bertz CT molecular complexity index is 262. The highest BCUT2D eigenvalue weighted by atomic mass is 33.1. The van der Waals surface area contributed by atoms with Crippen LogP contribution in [0, 0.1) is 0 Å². The van der Waals surface area contributed by atoms with Crippen molar-refractivity contribution in [3.05, 3.63) is 12.7 Å². The van der Waals surface area contributed by atoms with E-state index in [9.17, 15) is 4.79 Å². The molecule has 130 valence electrons. The molecule has 0 spiro atoms. The Morgan fingerprint density at radius 3 is 2.27 bits per heavy atom. The number of carbonyl (C=O) groups excluding carboxylic acids is 1. The van der Waals surface area contributed by atoms with Gasteiger partial charge in [0.05, 0.1) is 6.61 Å². The Hall–Kier alpha value is -0.0900. The Labute approximate surface area is 145 Å². The van der Waals surface area contributed by atoms with E-state index >= 15 is 0 Å². The molecule has 0 rings (SSSR count). The molecule has 0 aromatic heterocycles. The molecule has 0 heterocycles. The van der Waals surface area contributed by atoms with Gasteiger partial charge >= 0.3 is 5.97 Å². The normalized spacial score (nSPS) is 10.9. The molecule has 0 fully saturated rings. The Kier molecular flexibility index (Phi) is 17.2. The molecule has 0 unspecified atom stereocenters. The molecule has 2 nitrogen and oxygen atoms in total. The Balaban J connectivity index is 3.43. The Morgan fingerprint density at radius 2 is 1.68 bits per heavy atom. The van der Waals surface area contributed by atoms with Crippen LogP contribution in [0.3, 0.4) is 0 Å². The highest BCUT2D eigenvalue weighted by Crippen LogP contribution is 2.33. The van der Waals surface area contributed by atoms with Crippen LogP contribution in [-0.2, 0) is 9.53 Å². The maximum atomic E-state index is 10.9. The van der Waals surface area contributed by atoms with Gasteiger partial charge < -0.3 is 4.74 Å². The van der Waals surface area contributed by atoms with Gasteiger partial charge in [0, 0.05) is 17.1 Å². The minimum atomic E-state index is -0.308. The summed E-state index contributed by atoms with van der Waals surface area (Å²) in [6.07, 6.45) is 13.9. The van der Waals surface area contributed by atoms with Crippen molar-refractivity contribution in [2.24, 2.45) is 0 Å². The summed E-state index contributed by atoms with van der Waals surface area (Å²) in [7, 11) is 4.17. The standard InChI is InChI=1S/C18H34O2S2/c1-4-7-13-17(14-8-5-2)22-21-16-12-10-9-11-15-20-18(19)6-3/h6,17H,3-5,7-16H2,1-2H3. The first-order valence-corrected chi connectivity index (χ1v) is 11.2. The molecule has 0 radical (unpaired) electrons. The van der Waals surface area contributed by atoms with E-state index in [4.69, 9.17) is 4.74 Å². The largest absolute Gasteiger partial charge is 0.463 e. The van der Waals surface area contributed by atoms with Crippen LogP contribution in [0.5, 0.6) is 0 Å². The second-order valence-electron chi connectivity index (χ2n) is 5.61. The molecule has 0 aliphatic carbocycles. The molecule has 0 aromatic rings. The fourth-order valence-electron chi connectivity index (χ4n) is 2.10. The van der Waals surface area contributed by atoms with E-state index in [1.165, 1.54) is 63.2 Å². The van der Waals surface area contributed by atoms with Crippen LogP contribution in [0.25, 0.3) is 0 Å². The molecule has 0 aliphatic rings. The molecule has 0 atom stereocenters. The zero-order valence-electron chi connectivity index (χ0n) is 14.5. The van der Waals surface area contributed by atoms with Gasteiger partial charge in [-0.05, 0) is 25.7 Å². The van der Waals surface area contributed by atoms with Gasteiger partial charge in [-0.25, -0.2) is 4.79 Å². The van der Waals surface area contributed by atoms with E-state index in [0.29, 0.717) is 6.61 Å². The van der Waals surface area contributed by atoms with Crippen LogP contribution >= 0.6 is 21.6 Å². The summed E-state index contributed by atoms with van der Waals surface area (Å²) in [5.41, 5.74) is 0. The predicted octanol–water partition coefficient (Wildman–Crippen LogP) is 6.41. The highest BCUT2D eigenvalue weighted by molar-refractivity contribution is 8.76. The minimum Gasteiger partial charge on any atom is -0.463 e. The second-order valence-corrected chi connectivity index (χ2v) is 8.40. The molecular weight excluding hydrogens is 312 g/mol. The molecule has 0 aromatic carbocycles. The molecule has 0 N–H and O–H groups in total. The minimum absolute atomic E-state index is 0.308. The average molecular weight is 347 g/mol. The van der Waals surface area contributed by atoms with Crippen molar-refractivity contribution in [1.29, 1.82) is 0 Å². The summed E-state index contributed by atoms with van der Waals surface area (Å²) < 4.78 is 4.96. The van der Waals surface area contributed by atoms with Gasteiger partial charge in [0.2, 0.25) is 0 Å². The number of hydrogen-bond acceptors (Lipinski definition) is 4. The zero-order chi connectivity index (χ0) is 16.5. The summed E-state index contributed by atoms with van der Waals surface area (Å²) in [6, 6.07) is 0. The monoisotopic (exact) mass is 346 g/mol. The van der Waals surface area contributed by atoms with Crippen LogP contribution in [0.4, 0.5) is 0 Å². The lowest BCUT2D eigenvalue weighted by atomic mass is 10.1. The molecule has 0 saturated carbocycles. The second kappa shape index (κ2) is 17.3. The lowest BCUT2D eigenvalue weighted by molar-refractivity contribution is -0.137. The molecule has 0 saturated heterocycles. The van der Waals surface area contributed by atoms with Crippen molar-refractivity contribution in [3.63, 3.8) is 0 Å². The number of ether oxygens (including phenoxy) is 1. The molecule has 0 bridgehead atoms. The van der Waals surface area contributed by atoms with Crippen molar-refractivity contribution in [2.75, 3.05) is 12.4 Å². The van der Waals surface area contributed by atoms with E-state index in [1.807, 2.05) is 0 Å². The van der Waals surface area contributed by atoms with E-state index in [1.54, 1.807) is 0 Å². The first kappa shape index (κ1) is 21.9. The van der Waals surface area contributed by atoms with Gasteiger partial charge in [-0.2, -0.15) is 0 Å². The molecule has 0 amide bonds. The maximum absolute atomic E-state index is 10.9. The van der Waals surface area contributed by atoms with Crippen molar-refractivity contribution < 1.29 is 9.53 Å². The zero-order valence-corrected chi connectivity index (χ0v) is 16.1. The van der Waals surface area contributed by atoms with Crippen LogP contribution in [0.1, 0.15) is 78.1 Å². The van der Waals surface area contributed by atoms with Gasteiger partial charge in [-0.1, -0.05) is 80.5 Å². The summed E-state index contributed by atoms with van der Waals surface area (Å²) >= 11 is 0. The maximum Gasteiger partial charge on any atom is 0.330 e. The third kappa shape index (κ3) is 14.8. The van der Waals surface area contributed by atoms with E-state index < -0.39 is 0 Å². The van der Waals surface area contributed by atoms with Gasteiger partial charge in [0.15, 0.2) is 0 Å². The van der Waals surface area contributed by atoms with Crippen molar-refractivity contribution in [2.45, 2.75) is 83.3 Å². The molecular formula is C18H34O2S2. The quantitative estimate of drug-likeness (QED) is 0.140. The molecule has 22 heavy (non-hydrogen) atoms. The Morgan fingerprint density at radius 1 is 1.05 bits per heavy atom. The average Bonchev–Trinajstić information content (AvgIpc) is 2.54. The lowest BCUT2D eigenvalue weighted by Gasteiger charge is -2.15. The summed E-state index contributed by atoms with van der Waals surface area (Å²) in [4.78, 5) is 10.9. The third-order valence-electron chi connectivity index (χ3n) is 3.50. The van der Waals surface area contributed by atoms with Gasteiger partial charge in [-0.15, -0.1) is 0 Å². The van der Waals surface area contributed by atoms with Crippen molar-refractivity contribution >= 4 is 27.6 Å². The fraction of sp³-hybridized carbons (Fsp3) is 0.833. The smallest absolute Gasteiger partial charge is 0.330 e. The molecule has 4 heteroatoms. The van der Waals surface area contributed by atoms with Crippen LogP contribution in [0.2, 0.25) is 0 Å². The van der Waals surface area contributed by atoms with Gasteiger partial charge in [0.1, 0.15) is 0 Å². The number of carbonyl (C=O) groups is 1. The fourth-order valence-corrected chi connectivity index (χ4v) is 5.03. The highest BCUT2D eigenvalue weighted by Gasteiger charge is 2.08. The summed E-state index contributed by atoms with van der Waals surface area (Å²) in [5.74, 6) is 0.934. The summed E-state index contributed by atoms with van der Waals surface area (Å²) in [5, 5.41) is 0.850. The third-order valence-corrected chi connectivity index (χ3v) is 6.56. The van der Waals surface area contributed by atoms with E-state index in [0.717, 1.165) is 18.1 Å². The van der Waals surface area contributed by atoms with Crippen molar-refractivity contribution in [3.8, 4) is 0 Å². The SMILES string of the molecule is C=CC(=O)OCCCCCCSSC(CCCC)CCCC. The predicted molar refractivity (Wildman–Crippen MR) is 103 cm³/mol. The van der Waals surface area contributed by atoms with Crippen molar-refractivity contribution in [1.82, 2.24) is 0 Å². The first-order valence-electron chi connectivity index (χ1n) is 8.82. The van der Waals surface area contributed by atoms with E-state index in [2.05, 4.69) is 42.0 Å². The van der Waals surface area contributed by atoms with Crippen LogP contribution in [0.15, 0.2) is 12.7 Å². The molecule has 0 aliphatic heterocycles. The van der Waals surface area contributed by atoms with E-state index in [-0.39, 0.29) is 5.97 Å². The number of hydrogen-bond donors (Lipinski definition) is 0. The number of unbranched alkanes of at least 4 members (excludes halogenated alkanes) is 5. The first-order chi connectivity index (χ1) is 10.7. The lowest BCUT2D eigenvalue weighted by Crippen LogP contribution is -2.02. The van der Waals surface area contributed by atoms with Crippen LogP contribution < -0.4 is 0 Å². The topological polar surface area (TPSA) is 26.3 Å².